The second-order valence-corrected chi connectivity index (χ2v) is 5.34. The molecule has 21 heavy (non-hydrogen) atoms. The molecule has 0 aromatic heterocycles. The molecule has 0 aliphatic heterocycles. The Hall–Kier alpha value is -2.00. The first-order chi connectivity index (χ1) is 10.2. The monoisotopic (exact) mass is 284 g/mol. The summed E-state index contributed by atoms with van der Waals surface area (Å²) in [7, 11) is 2.14. The summed E-state index contributed by atoms with van der Waals surface area (Å²) in [6.45, 7) is 3.92. The van der Waals surface area contributed by atoms with Crippen molar-refractivity contribution in [1.82, 2.24) is 4.90 Å². The summed E-state index contributed by atoms with van der Waals surface area (Å²) in [5.74, 6) is 0.934. The van der Waals surface area contributed by atoms with Gasteiger partial charge < -0.3 is 10.5 Å². The van der Waals surface area contributed by atoms with Crippen molar-refractivity contribution in [1.29, 1.82) is 0 Å². The molecular formula is C18H24N2O. The maximum atomic E-state index is 5.84. The molecule has 2 rings (SSSR count). The van der Waals surface area contributed by atoms with E-state index in [1.807, 2.05) is 48.5 Å². The first-order valence-corrected chi connectivity index (χ1v) is 7.40. The third-order valence-electron chi connectivity index (χ3n) is 3.72. The average molecular weight is 284 g/mol. The Labute approximate surface area is 127 Å². The van der Waals surface area contributed by atoms with Crippen molar-refractivity contribution in [2.24, 2.45) is 0 Å². The molecule has 0 fully saturated rings. The van der Waals surface area contributed by atoms with Gasteiger partial charge >= 0.3 is 0 Å². The molecule has 0 saturated heterocycles. The Morgan fingerprint density at radius 3 is 2.57 bits per heavy atom. The van der Waals surface area contributed by atoms with Crippen LogP contribution in [0.15, 0.2) is 54.6 Å². The second kappa shape index (κ2) is 7.70. The molecule has 3 heteroatoms. The molecule has 0 saturated carbocycles. The number of hydrogen-bond donors (Lipinski definition) is 1. The summed E-state index contributed by atoms with van der Waals surface area (Å²) in [5, 5.41) is 0. The summed E-state index contributed by atoms with van der Waals surface area (Å²) < 4.78 is 5.71. The van der Waals surface area contributed by atoms with Crippen molar-refractivity contribution in [2.75, 3.05) is 25.9 Å². The molecule has 3 nitrogen and oxygen atoms in total. The van der Waals surface area contributed by atoms with Crippen molar-refractivity contribution < 1.29 is 4.74 Å². The van der Waals surface area contributed by atoms with Crippen LogP contribution in [0, 0.1) is 0 Å². The average Bonchev–Trinajstić information content (AvgIpc) is 2.51. The summed E-state index contributed by atoms with van der Waals surface area (Å²) in [4.78, 5) is 2.32. The van der Waals surface area contributed by atoms with E-state index in [1.165, 1.54) is 5.56 Å². The van der Waals surface area contributed by atoms with Gasteiger partial charge in [-0.15, -0.1) is 0 Å². The second-order valence-electron chi connectivity index (χ2n) is 5.34. The third kappa shape index (κ3) is 4.80. The highest BCUT2D eigenvalue weighted by atomic mass is 16.5. The first kappa shape index (κ1) is 15.4. The molecule has 0 amide bonds. The third-order valence-corrected chi connectivity index (χ3v) is 3.72. The SMILES string of the molecule is CC(c1cccc(N)c1)N(C)CCCOc1ccccc1. The number of nitrogens with zero attached hydrogens (tertiary/aromatic N) is 1. The van der Waals surface area contributed by atoms with Crippen molar-refractivity contribution in [3.8, 4) is 5.75 Å². The van der Waals surface area contributed by atoms with Crippen LogP contribution >= 0.6 is 0 Å². The van der Waals surface area contributed by atoms with Gasteiger partial charge in [0, 0.05) is 18.3 Å². The lowest BCUT2D eigenvalue weighted by Gasteiger charge is -2.25. The van der Waals surface area contributed by atoms with Gasteiger partial charge in [0.2, 0.25) is 0 Å². The Morgan fingerprint density at radius 1 is 1.10 bits per heavy atom. The fourth-order valence-electron chi connectivity index (χ4n) is 2.29. The highest BCUT2D eigenvalue weighted by Crippen LogP contribution is 2.20. The Bertz CT molecular complexity index is 542. The minimum absolute atomic E-state index is 0.352. The van der Waals surface area contributed by atoms with Crippen molar-refractivity contribution in [2.45, 2.75) is 19.4 Å². The molecule has 0 radical (unpaired) electrons. The van der Waals surface area contributed by atoms with E-state index in [0.29, 0.717) is 6.04 Å². The van der Waals surface area contributed by atoms with Gasteiger partial charge in [0.05, 0.1) is 6.61 Å². The molecule has 0 spiro atoms. The van der Waals surface area contributed by atoms with Crippen molar-refractivity contribution >= 4 is 5.69 Å². The summed E-state index contributed by atoms with van der Waals surface area (Å²) in [5.41, 5.74) is 7.92. The van der Waals surface area contributed by atoms with Crippen LogP contribution in [0.3, 0.4) is 0 Å². The lowest BCUT2D eigenvalue weighted by Crippen LogP contribution is -2.24. The number of ether oxygens (including phenoxy) is 1. The van der Waals surface area contributed by atoms with Gasteiger partial charge in [-0.25, -0.2) is 0 Å². The minimum atomic E-state index is 0.352. The van der Waals surface area contributed by atoms with Crippen LogP contribution in [-0.2, 0) is 0 Å². The van der Waals surface area contributed by atoms with E-state index in [-0.39, 0.29) is 0 Å². The van der Waals surface area contributed by atoms with Crippen LogP contribution in [-0.4, -0.2) is 25.1 Å². The topological polar surface area (TPSA) is 38.5 Å². The predicted molar refractivity (Wildman–Crippen MR) is 88.5 cm³/mol. The van der Waals surface area contributed by atoms with Gasteiger partial charge in [0.25, 0.3) is 0 Å². The number of anilines is 1. The molecule has 0 heterocycles. The van der Waals surface area contributed by atoms with Crippen LogP contribution in [0.2, 0.25) is 0 Å². The van der Waals surface area contributed by atoms with Gasteiger partial charge in [-0.05, 0) is 50.2 Å². The smallest absolute Gasteiger partial charge is 0.119 e. The van der Waals surface area contributed by atoms with E-state index < -0.39 is 0 Å². The van der Waals surface area contributed by atoms with E-state index in [4.69, 9.17) is 10.5 Å². The maximum absolute atomic E-state index is 5.84. The lowest BCUT2D eigenvalue weighted by atomic mass is 10.1. The van der Waals surface area contributed by atoms with Crippen molar-refractivity contribution in [3.63, 3.8) is 0 Å². The van der Waals surface area contributed by atoms with Crippen LogP contribution in [0.4, 0.5) is 5.69 Å². The summed E-state index contributed by atoms with van der Waals surface area (Å²) >= 11 is 0. The Kier molecular flexibility index (Phi) is 5.64. The molecular weight excluding hydrogens is 260 g/mol. The zero-order chi connectivity index (χ0) is 15.1. The van der Waals surface area contributed by atoms with E-state index in [9.17, 15) is 0 Å². The quantitative estimate of drug-likeness (QED) is 0.622. The molecule has 2 aromatic carbocycles. The van der Waals surface area contributed by atoms with Gasteiger partial charge in [0.15, 0.2) is 0 Å². The Balaban J connectivity index is 1.75. The Morgan fingerprint density at radius 2 is 1.86 bits per heavy atom. The van der Waals surface area contributed by atoms with Gasteiger partial charge in [-0.2, -0.15) is 0 Å². The molecule has 1 atom stereocenters. The van der Waals surface area contributed by atoms with E-state index >= 15 is 0 Å². The summed E-state index contributed by atoms with van der Waals surface area (Å²) in [6, 6.07) is 18.4. The zero-order valence-corrected chi connectivity index (χ0v) is 12.8. The minimum Gasteiger partial charge on any atom is -0.494 e. The standard InChI is InChI=1S/C18H24N2O/c1-15(16-8-6-9-17(19)14-16)20(2)12-7-13-21-18-10-4-3-5-11-18/h3-6,8-11,14-15H,7,12-13,19H2,1-2H3. The number of nitrogens with two attached hydrogens (primary N) is 1. The fraction of sp³-hybridized carbons (Fsp3) is 0.333. The molecule has 2 aromatic rings. The zero-order valence-electron chi connectivity index (χ0n) is 12.8. The lowest BCUT2D eigenvalue weighted by molar-refractivity contribution is 0.226. The van der Waals surface area contributed by atoms with Crippen LogP contribution in [0.1, 0.15) is 24.9 Å². The number of para-hydroxylation sites is 1. The van der Waals surface area contributed by atoms with Crippen LogP contribution < -0.4 is 10.5 Å². The normalized spacial score (nSPS) is 12.3. The molecule has 2 N–H and O–H groups in total. The number of benzene rings is 2. The molecule has 1 unspecified atom stereocenters. The number of nitrogen functional groups attached to an aromatic ring is 1. The molecule has 112 valence electrons. The van der Waals surface area contributed by atoms with Crippen LogP contribution in [0.25, 0.3) is 0 Å². The molecule has 0 aliphatic carbocycles. The fourth-order valence-corrected chi connectivity index (χ4v) is 2.29. The van der Waals surface area contributed by atoms with E-state index in [0.717, 1.165) is 31.0 Å². The highest BCUT2D eigenvalue weighted by Gasteiger charge is 2.11. The predicted octanol–water partition coefficient (Wildman–Crippen LogP) is 3.73. The van der Waals surface area contributed by atoms with Crippen LogP contribution in [0.5, 0.6) is 5.75 Å². The maximum Gasteiger partial charge on any atom is 0.119 e. The van der Waals surface area contributed by atoms with Gasteiger partial charge in [-0.1, -0.05) is 30.3 Å². The van der Waals surface area contributed by atoms with Crippen molar-refractivity contribution in [3.05, 3.63) is 60.2 Å². The summed E-state index contributed by atoms with van der Waals surface area (Å²) in [6.07, 6.45) is 0.998. The molecule has 0 aliphatic rings. The van der Waals surface area contributed by atoms with E-state index in [1.54, 1.807) is 0 Å². The number of rotatable bonds is 7. The molecule has 0 bridgehead atoms. The van der Waals surface area contributed by atoms with Gasteiger partial charge in [-0.3, -0.25) is 4.90 Å². The number of hydrogen-bond acceptors (Lipinski definition) is 3. The highest BCUT2D eigenvalue weighted by molar-refractivity contribution is 5.41. The largest absolute Gasteiger partial charge is 0.494 e. The first-order valence-electron chi connectivity index (χ1n) is 7.40. The van der Waals surface area contributed by atoms with Gasteiger partial charge in [0.1, 0.15) is 5.75 Å². The van der Waals surface area contributed by atoms with E-state index in [2.05, 4.69) is 24.9 Å².